The lowest BCUT2D eigenvalue weighted by Crippen LogP contribution is -2.29. The van der Waals surface area contributed by atoms with E-state index in [0.29, 0.717) is 11.3 Å². The Bertz CT molecular complexity index is 1030. The molecule has 0 bridgehead atoms. The highest BCUT2D eigenvalue weighted by molar-refractivity contribution is 5.95. The van der Waals surface area contributed by atoms with Crippen LogP contribution in [-0.2, 0) is 13.2 Å². The van der Waals surface area contributed by atoms with Crippen molar-refractivity contribution in [3.63, 3.8) is 0 Å². The number of hydrogen-bond donors (Lipinski definition) is 1. The van der Waals surface area contributed by atoms with Crippen LogP contribution in [0.1, 0.15) is 15.9 Å². The van der Waals surface area contributed by atoms with Crippen LogP contribution in [0.3, 0.4) is 0 Å². The van der Waals surface area contributed by atoms with E-state index in [0.717, 1.165) is 12.1 Å². The van der Waals surface area contributed by atoms with Gasteiger partial charge >= 0.3 is 6.18 Å². The van der Waals surface area contributed by atoms with Crippen LogP contribution < -0.4 is 4.74 Å². The van der Waals surface area contributed by atoms with Crippen molar-refractivity contribution in [1.29, 1.82) is 0 Å². The number of nitrogens with zero attached hydrogens (tertiary/aromatic N) is 4. The molecule has 10 heteroatoms. The number of aryl methyl sites for hydroxylation is 1. The van der Waals surface area contributed by atoms with Crippen molar-refractivity contribution < 1.29 is 27.8 Å². The zero-order chi connectivity index (χ0) is 21.9. The summed E-state index contributed by atoms with van der Waals surface area (Å²) in [5.74, 6) is -0.103. The molecule has 0 spiro atoms. The number of aromatic nitrogens is 3. The number of hydrogen-bond acceptors (Lipinski definition) is 5. The maximum atomic E-state index is 12.8. The molecule has 0 saturated heterocycles. The highest BCUT2D eigenvalue weighted by Crippen LogP contribution is 2.34. The van der Waals surface area contributed by atoms with E-state index in [1.54, 1.807) is 37.1 Å². The lowest BCUT2D eigenvalue weighted by molar-refractivity contribution is -0.137. The Kier molecular flexibility index (Phi) is 6.06. The third kappa shape index (κ3) is 4.77. The van der Waals surface area contributed by atoms with E-state index in [-0.39, 0.29) is 36.3 Å². The Morgan fingerprint density at radius 1 is 1.23 bits per heavy atom. The fraction of sp³-hybridized carbons (Fsp3) is 0.250. The molecule has 0 aliphatic heterocycles. The van der Waals surface area contributed by atoms with Gasteiger partial charge in [0.05, 0.1) is 29.0 Å². The van der Waals surface area contributed by atoms with Crippen molar-refractivity contribution in [1.82, 2.24) is 19.7 Å². The number of benzene rings is 1. The molecule has 0 unspecified atom stereocenters. The summed E-state index contributed by atoms with van der Waals surface area (Å²) in [4.78, 5) is 18.1. The lowest BCUT2D eigenvalue weighted by atomic mass is 10.1. The van der Waals surface area contributed by atoms with Gasteiger partial charge in [0, 0.05) is 33.0 Å². The normalized spacial score (nSPS) is 11.4. The fourth-order valence-corrected chi connectivity index (χ4v) is 2.69. The summed E-state index contributed by atoms with van der Waals surface area (Å²) in [7, 11) is 3.27. The fourth-order valence-electron chi connectivity index (χ4n) is 2.69. The molecule has 0 aliphatic rings. The quantitative estimate of drug-likeness (QED) is 0.662. The van der Waals surface area contributed by atoms with Crippen molar-refractivity contribution >= 4 is 5.91 Å². The van der Waals surface area contributed by atoms with Gasteiger partial charge in [0.2, 0.25) is 5.88 Å². The van der Waals surface area contributed by atoms with Crippen molar-refractivity contribution in [2.45, 2.75) is 6.18 Å². The van der Waals surface area contributed by atoms with Crippen LogP contribution in [0.15, 0.2) is 48.8 Å². The summed E-state index contributed by atoms with van der Waals surface area (Å²) in [6.45, 7) is -0.0283. The minimum atomic E-state index is -4.45. The van der Waals surface area contributed by atoms with E-state index >= 15 is 0 Å². The number of ether oxygens (including phenoxy) is 1. The zero-order valence-corrected chi connectivity index (χ0v) is 16.2. The van der Waals surface area contributed by atoms with Gasteiger partial charge in [-0.3, -0.25) is 9.48 Å². The topological polar surface area (TPSA) is 80.5 Å². The van der Waals surface area contributed by atoms with E-state index in [1.807, 2.05) is 0 Å². The van der Waals surface area contributed by atoms with Gasteiger partial charge in [0.1, 0.15) is 5.75 Å². The standard InChI is InChI=1S/C20H19F3N4O3/c1-26(9-10-28)19(29)13-11-16(17-7-8-27(2)25-17)18(24-12-13)30-15-5-3-14(4-6-15)20(21,22)23/h3-8,11-12,28H,9-10H2,1-2H3. The van der Waals surface area contributed by atoms with E-state index in [2.05, 4.69) is 10.1 Å². The molecule has 30 heavy (non-hydrogen) atoms. The van der Waals surface area contributed by atoms with Crippen molar-refractivity contribution in [2.24, 2.45) is 7.05 Å². The molecular weight excluding hydrogens is 401 g/mol. The SMILES string of the molecule is CN(CCO)C(=O)c1cnc(Oc2ccc(C(F)(F)F)cc2)c(-c2ccn(C)n2)c1. The molecule has 7 nitrogen and oxygen atoms in total. The summed E-state index contributed by atoms with van der Waals surface area (Å²) in [5.41, 5.74) is 0.345. The van der Waals surface area contributed by atoms with Gasteiger partial charge in [-0.15, -0.1) is 0 Å². The molecular formula is C20H19F3N4O3. The Labute approximate surface area is 170 Å². The first-order chi connectivity index (χ1) is 14.2. The van der Waals surface area contributed by atoms with Gasteiger partial charge in [0.15, 0.2) is 0 Å². The number of carbonyl (C=O) groups excluding carboxylic acids is 1. The first-order valence-electron chi connectivity index (χ1n) is 8.90. The highest BCUT2D eigenvalue weighted by Gasteiger charge is 2.30. The number of aliphatic hydroxyl groups excluding tert-OH is 1. The highest BCUT2D eigenvalue weighted by atomic mass is 19.4. The Balaban J connectivity index is 1.96. The monoisotopic (exact) mass is 420 g/mol. The Hall–Kier alpha value is -3.40. The number of alkyl halides is 3. The largest absolute Gasteiger partial charge is 0.438 e. The van der Waals surface area contributed by atoms with Crippen molar-refractivity contribution in [3.05, 3.63) is 59.9 Å². The average Bonchev–Trinajstić information content (AvgIpc) is 3.14. The van der Waals surface area contributed by atoms with Crippen LogP contribution >= 0.6 is 0 Å². The first kappa shape index (κ1) is 21.3. The predicted molar refractivity (Wildman–Crippen MR) is 102 cm³/mol. The molecule has 0 radical (unpaired) electrons. The van der Waals surface area contributed by atoms with E-state index < -0.39 is 11.7 Å². The van der Waals surface area contributed by atoms with Crippen LogP contribution in [0.2, 0.25) is 0 Å². The summed E-state index contributed by atoms with van der Waals surface area (Å²) in [5, 5.41) is 13.3. The van der Waals surface area contributed by atoms with Gasteiger partial charge in [0.25, 0.3) is 5.91 Å². The van der Waals surface area contributed by atoms with E-state index in [4.69, 9.17) is 9.84 Å². The summed E-state index contributed by atoms with van der Waals surface area (Å²) in [6.07, 6.45) is -1.44. The molecule has 3 rings (SSSR count). The molecule has 2 aromatic heterocycles. The summed E-state index contributed by atoms with van der Waals surface area (Å²) in [6, 6.07) is 7.46. The lowest BCUT2D eigenvalue weighted by Gasteiger charge is -2.17. The van der Waals surface area contributed by atoms with Gasteiger partial charge in [-0.1, -0.05) is 0 Å². The smallest absolute Gasteiger partial charge is 0.416 e. The average molecular weight is 420 g/mol. The molecule has 1 N–H and O–H groups in total. The molecule has 158 valence electrons. The number of carbonyl (C=O) groups is 1. The summed E-state index contributed by atoms with van der Waals surface area (Å²) >= 11 is 0. The van der Waals surface area contributed by atoms with Crippen molar-refractivity contribution in [2.75, 3.05) is 20.2 Å². The van der Waals surface area contributed by atoms with Gasteiger partial charge < -0.3 is 14.7 Å². The van der Waals surface area contributed by atoms with Crippen LogP contribution in [0.5, 0.6) is 11.6 Å². The third-order valence-electron chi connectivity index (χ3n) is 4.27. The second-order valence-corrected chi connectivity index (χ2v) is 6.53. The second kappa shape index (κ2) is 8.54. The zero-order valence-electron chi connectivity index (χ0n) is 16.2. The Morgan fingerprint density at radius 2 is 1.93 bits per heavy atom. The molecule has 3 aromatic rings. The molecule has 0 saturated carbocycles. The minimum absolute atomic E-state index is 0.0924. The van der Waals surface area contributed by atoms with Crippen molar-refractivity contribution in [3.8, 4) is 22.9 Å². The van der Waals surface area contributed by atoms with Crippen LogP contribution in [0.4, 0.5) is 13.2 Å². The van der Waals surface area contributed by atoms with Crippen LogP contribution in [0.25, 0.3) is 11.3 Å². The number of halogens is 3. The molecule has 0 fully saturated rings. The molecule has 2 heterocycles. The number of amides is 1. The molecule has 0 atom stereocenters. The third-order valence-corrected chi connectivity index (χ3v) is 4.27. The van der Waals surface area contributed by atoms with E-state index in [1.165, 1.54) is 23.2 Å². The van der Waals surface area contributed by atoms with Gasteiger partial charge in [-0.05, 0) is 36.4 Å². The predicted octanol–water partition coefficient (Wildman–Crippen LogP) is 3.36. The maximum Gasteiger partial charge on any atom is 0.416 e. The van der Waals surface area contributed by atoms with Crippen LogP contribution in [0, 0.1) is 0 Å². The first-order valence-corrected chi connectivity index (χ1v) is 8.90. The number of likely N-dealkylation sites (N-methyl/N-ethyl adjacent to an activating group) is 1. The van der Waals surface area contributed by atoms with Gasteiger partial charge in [-0.25, -0.2) is 4.98 Å². The maximum absolute atomic E-state index is 12.8. The summed E-state index contributed by atoms with van der Waals surface area (Å²) < 4.78 is 45.5. The van der Waals surface area contributed by atoms with Crippen LogP contribution in [-0.4, -0.2) is 50.9 Å². The number of aliphatic hydroxyl groups is 1. The molecule has 1 aromatic carbocycles. The second-order valence-electron chi connectivity index (χ2n) is 6.53. The minimum Gasteiger partial charge on any atom is -0.438 e. The Morgan fingerprint density at radius 3 is 2.50 bits per heavy atom. The molecule has 0 aliphatic carbocycles. The van der Waals surface area contributed by atoms with Gasteiger partial charge in [-0.2, -0.15) is 18.3 Å². The van der Waals surface area contributed by atoms with E-state index in [9.17, 15) is 18.0 Å². The number of pyridine rings is 1. The molecule has 1 amide bonds. The number of rotatable bonds is 6.